The van der Waals surface area contributed by atoms with Crippen LogP contribution in [0.4, 0.5) is 22.0 Å². The molecule has 0 spiro atoms. The molecule has 48 heavy (non-hydrogen) atoms. The summed E-state index contributed by atoms with van der Waals surface area (Å²) in [6.07, 6.45) is -3.84. The molecule has 2 heterocycles. The highest BCUT2D eigenvalue weighted by Crippen LogP contribution is 2.41. The van der Waals surface area contributed by atoms with Crippen molar-refractivity contribution in [2.45, 2.75) is 44.9 Å². The smallest absolute Gasteiger partial charge is 0.416 e. The lowest BCUT2D eigenvalue weighted by Crippen LogP contribution is -2.42. The number of ether oxygens (including phenoxy) is 3. The van der Waals surface area contributed by atoms with E-state index in [9.17, 15) is 27.9 Å². The van der Waals surface area contributed by atoms with Gasteiger partial charge in [-0.15, -0.1) is 0 Å². The summed E-state index contributed by atoms with van der Waals surface area (Å²) in [5.41, 5.74) is 0.205. The normalized spacial score (nSPS) is 20.6. The van der Waals surface area contributed by atoms with Crippen molar-refractivity contribution in [2.24, 2.45) is 0 Å². The number of rotatable bonds is 6. The Morgan fingerprint density at radius 2 is 1.85 bits per heavy atom. The molecule has 0 fully saturated rings. The molecule has 0 unspecified atom stereocenters. The van der Waals surface area contributed by atoms with Gasteiger partial charge in [0.05, 0.1) is 31.2 Å². The maximum Gasteiger partial charge on any atom is 0.416 e. The first-order valence-corrected chi connectivity index (χ1v) is 15.0. The molecule has 2 atom stereocenters. The Hall–Kier alpha value is -4.75. The molecule has 254 valence electrons. The number of fused-ring (bicyclic) bond motifs is 6. The van der Waals surface area contributed by atoms with E-state index in [2.05, 4.69) is 5.32 Å². The fraction of sp³-hybridized carbons (Fsp3) is 0.314. The Balaban J connectivity index is 1.77. The number of nitrogens with zero attached hydrogens (tertiary/aromatic N) is 1. The van der Waals surface area contributed by atoms with Crippen LogP contribution in [0.1, 0.15) is 47.2 Å². The summed E-state index contributed by atoms with van der Waals surface area (Å²) >= 11 is 0. The van der Waals surface area contributed by atoms with Crippen molar-refractivity contribution < 1.29 is 50.9 Å². The number of amides is 1. The van der Waals surface area contributed by atoms with E-state index < -0.39 is 67.1 Å². The van der Waals surface area contributed by atoms with Gasteiger partial charge >= 0.3 is 12.1 Å². The summed E-state index contributed by atoms with van der Waals surface area (Å²) in [6.45, 7) is 2.26. The first-order chi connectivity index (χ1) is 22.8. The average Bonchev–Trinajstić information content (AvgIpc) is 2.99. The molecule has 4 bridgehead atoms. The van der Waals surface area contributed by atoms with Crippen molar-refractivity contribution in [2.75, 3.05) is 27.1 Å². The second-order valence-corrected chi connectivity index (χ2v) is 11.5. The van der Waals surface area contributed by atoms with Gasteiger partial charge in [0.25, 0.3) is 0 Å². The molecular formula is C35H33F5N2O6. The number of aliphatic carboxylic acids is 1. The van der Waals surface area contributed by atoms with Crippen molar-refractivity contribution in [1.82, 2.24) is 10.2 Å². The summed E-state index contributed by atoms with van der Waals surface area (Å²) in [5, 5.41) is 12.4. The van der Waals surface area contributed by atoms with Crippen LogP contribution in [0.2, 0.25) is 0 Å². The van der Waals surface area contributed by atoms with Gasteiger partial charge in [-0.3, -0.25) is 9.59 Å². The number of alkyl halides is 3. The molecule has 13 heteroatoms. The Kier molecular flexibility index (Phi) is 10.2. The molecule has 3 aromatic carbocycles. The van der Waals surface area contributed by atoms with Gasteiger partial charge in [0.15, 0.2) is 0 Å². The third kappa shape index (κ3) is 7.37. The van der Waals surface area contributed by atoms with Gasteiger partial charge in [0, 0.05) is 30.0 Å². The van der Waals surface area contributed by atoms with Gasteiger partial charge in [0.1, 0.15) is 35.9 Å². The van der Waals surface area contributed by atoms with E-state index in [0.717, 1.165) is 28.8 Å². The molecular weight excluding hydrogens is 639 g/mol. The summed E-state index contributed by atoms with van der Waals surface area (Å²) in [6, 6.07) is 8.64. The van der Waals surface area contributed by atoms with Crippen molar-refractivity contribution in [3.05, 3.63) is 106 Å². The fourth-order valence-electron chi connectivity index (χ4n) is 5.94. The monoisotopic (exact) mass is 672 g/mol. The Bertz CT molecular complexity index is 1790. The predicted molar refractivity (Wildman–Crippen MR) is 165 cm³/mol. The van der Waals surface area contributed by atoms with Crippen LogP contribution in [0.15, 0.2) is 72.0 Å². The first-order valence-electron chi connectivity index (χ1n) is 15.0. The number of benzene rings is 3. The van der Waals surface area contributed by atoms with Crippen LogP contribution in [0.5, 0.6) is 11.5 Å². The van der Waals surface area contributed by atoms with Crippen molar-refractivity contribution in [3.8, 4) is 22.6 Å². The quantitative estimate of drug-likeness (QED) is 0.263. The number of nitrogens with one attached hydrogen (secondary N) is 1. The number of carbonyl (C=O) groups excluding carboxylic acids is 1. The van der Waals surface area contributed by atoms with E-state index in [1.165, 1.54) is 32.2 Å². The van der Waals surface area contributed by atoms with Crippen molar-refractivity contribution in [3.63, 3.8) is 0 Å². The number of carbonyl (C=O) groups is 2. The number of aryl methyl sites for hydroxylation is 2. The van der Waals surface area contributed by atoms with E-state index in [1.807, 2.05) is 0 Å². The van der Waals surface area contributed by atoms with Crippen LogP contribution >= 0.6 is 0 Å². The molecule has 3 aromatic rings. The van der Waals surface area contributed by atoms with Gasteiger partial charge in [0.2, 0.25) is 5.91 Å². The lowest BCUT2D eigenvalue weighted by Gasteiger charge is -2.33. The van der Waals surface area contributed by atoms with Crippen molar-refractivity contribution >= 4 is 11.9 Å². The van der Waals surface area contributed by atoms with Crippen LogP contribution < -0.4 is 10.1 Å². The highest BCUT2D eigenvalue weighted by atomic mass is 19.4. The van der Waals surface area contributed by atoms with Crippen LogP contribution in [-0.2, 0) is 19.1 Å². The summed E-state index contributed by atoms with van der Waals surface area (Å²) in [4.78, 5) is 27.5. The van der Waals surface area contributed by atoms with E-state index in [4.69, 9.17) is 14.2 Å². The Labute approximate surface area is 273 Å². The first kappa shape index (κ1) is 34.6. The van der Waals surface area contributed by atoms with E-state index in [0.29, 0.717) is 16.9 Å². The zero-order chi connectivity index (χ0) is 34.7. The number of allylic oxidation sites excluding steroid dienone is 1. The average molecular weight is 673 g/mol. The second-order valence-electron chi connectivity index (χ2n) is 11.5. The second kappa shape index (κ2) is 14.2. The fourth-order valence-corrected chi connectivity index (χ4v) is 5.94. The lowest BCUT2D eigenvalue weighted by molar-refractivity contribution is -0.138. The maximum atomic E-state index is 15.9. The third-order valence-electron chi connectivity index (χ3n) is 8.14. The number of halogens is 5. The van der Waals surface area contributed by atoms with E-state index in [-0.39, 0.29) is 41.0 Å². The maximum absolute atomic E-state index is 15.9. The zero-order valence-electron chi connectivity index (χ0n) is 26.3. The molecule has 5 rings (SSSR count). The van der Waals surface area contributed by atoms with E-state index in [1.54, 1.807) is 31.2 Å². The van der Waals surface area contributed by atoms with Crippen LogP contribution in [0, 0.1) is 25.5 Å². The SMILES string of the molecule is COCCC1=C/N([C@H]2C(=O)N[C@H](CC(=O)O)c3cc(cc(C)c3F)-c3c(C)cccc3Oc3ccc(F)c2c3)COC/C=C\1C(F)(F)F. The zero-order valence-corrected chi connectivity index (χ0v) is 26.3. The molecule has 1 amide bonds. The highest BCUT2D eigenvalue weighted by molar-refractivity contribution is 5.85. The number of carboxylic acid groups (broad SMARTS) is 1. The Morgan fingerprint density at radius 3 is 2.56 bits per heavy atom. The minimum atomic E-state index is -4.80. The predicted octanol–water partition coefficient (Wildman–Crippen LogP) is 7.43. The van der Waals surface area contributed by atoms with Crippen LogP contribution in [-0.4, -0.2) is 55.1 Å². The molecule has 0 radical (unpaired) electrons. The molecule has 8 nitrogen and oxygen atoms in total. The molecule has 2 aliphatic heterocycles. The van der Waals surface area contributed by atoms with Gasteiger partial charge in [-0.2, -0.15) is 13.2 Å². The molecule has 0 saturated carbocycles. The molecule has 0 aliphatic carbocycles. The summed E-state index contributed by atoms with van der Waals surface area (Å²) < 4.78 is 91.0. The van der Waals surface area contributed by atoms with E-state index >= 15 is 8.78 Å². The topological polar surface area (TPSA) is 97.3 Å². The molecule has 0 aromatic heterocycles. The van der Waals surface area contributed by atoms with Gasteiger partial charge in [-0.1, -0.05) is 12.1 Å². The number of carboxylic acids is 1. The van der Waals surface area contributed by atoms with Crippen LogP contribution in [0.3, 0.4) is 0 Å². The van der Waals surface area contributed by atoms with Gasteiger partial charge < -0.3 is 29.5 Å². The number of hydrogen-bond donors (Lipinski definition) is 2. The van der Waals surface area contributed by atoms with Crippen molar-refractivity contribution in [1.29, 1.82) is 0 Å². The van der Waals surface area contributed by atoms with Gasteiger partial charge in [-0.05, 0) is 85.0 Å². The molecule has 0 saturated heterocycles. The minimum Gasteiger partial charge on any atom is -0.481 e. The largest absolute Gasteiger partial charge is 0.481 e. The summed E-state index contributed by atoms with van der Waals surface area (Å²) in [7, 11) is 1.32. The van der Waals surface area contributed by atoms with Gasteiger partial charge in [-0.25, -0.2) is 8.78 Å². The minimum absolute atomic E-state index is 0.100. The number of methoxy groups -OCH3 is 1. The van der Waals surface area contributed by atoms with Crippen LogP contribution in [0.25, 0.3) is 11.1 Å². The standard InChI is InChI=1S/C35H33F5N2O6/c1-19-5-4-6-29-31(19)22-13-20(2)32(37)25(14-22)28(16-30(43)44)41-34(45)33(24-15-23(48-29)7-8-27(24)36)42-17-21(9-11-46-3)26(35(38,39)40)10-12-47-18-42/h4-8,10,13-15,17,28,33H,9,11-12,16,18H2,1-3H3,(H,41,45)(H,43,44)/b21-17-,26-10+/t28-,33-/m1/s1. The molecule has 2 aliphatic rings. The Morgan fingerprint density at radius 1 is 1.08 bits per heavy atom. The number of hydrogen-bond acceptors (Lipinski definition) is 6. The highest BCUT2D eigenvalue weighted by Gasteiger charge is 2.39. The third-order valence-corrected chi connectivity index (χ3v) is 8.14. The lowest BCUT2D eigenvalue weighted by atomic mass is 9.92. The summed E-state index contributed by atoms with van der Waals surface area (Å²) in [5.74, 6) is -3.64. The molecule has 2 N–H and O–H groups in total.